The van der Waals surface area contributed by atoms with E-state index >= 15 is 0 Å². The Bertz CT molecular complexity index is 511. The summed E-state index contributed by atoms with van der Waals surface area (Å²) in [6.07, 6.45) is 2.04. The van der Waals surface area contributed by atoms with Gasteiger partial charge in [0.05, 0.1) is 17.9 Å². The zero-order valence-electron chi connectivity index (χ0n) is 12.9. The maximum absolute atomic E-state index is 12.2. The Balaban J connectivity index is 1.87. The van der Waals surface area contributed by atoms with Crippen molar-refractivity contribution in [3.8, 4) is 0 Å². The number of hydrogen-bond donors (Lipinski definition) is 2. The molecule has 2 N–H and O–H groups in total. The summed E-state index contributed by atoms with van der Waals surface area (Å²) in [7, 11) is 0. The number of amides is 1. The third-order valence-corrected chi connectivity index (χ3v) is 4.10. The predicted octanol–water partition coefficient (Wildman–Crippen LogP) is 1.86. The largest absolute Gasteiger partial charge is 0.481 e. The fourth-order valence-corrected chi connectivity index (χ4v) is 2.43. The lowest BCUT2D eigenvalue weighted by molar-refractivity contribution is -0.141. The van der Waals surface area contributed by atoms with Gasteiger partial charge in [-0.05, 0) is 31.7 Å². The monoisotopic (exact) mass is 305 g/mol. The molecule has 1 fully saturated rings. The molecule has 0 spiro atoms. The van der Waals surface area contributed by atoms with Gasteiger partial charge in [-0.25, -0.2) is 0 Å². The smallest absolute Gasteiger partial charge is 0.308 e. The van der Waals surface area contributed by atoms with Gasteiger partial charge in [-0.2, -0.15) is 0 Å². The Labute approximate surface area is 130 Å². The Morgan fingerprint density at radius 1 is 1.32 bits per heavy atom. The number of ether oxygens (including phenoxy) is 1. The molecule has 0 aromatic heterocycles. The minimum Gasteiger partial charge on any atom is -0.481 e. The molecule has 22 heavy (non-hydrogen) atoms. The maximum atomic E-state index is 12.2. The molecular weight excluding hydrogens is 282 g/mol. The first-order chi connectivity index (χ1) is 10.6. The average Bonchev–Trinajstić information content (AvgIpc) is 3.31. The Hall–Kier alpha value is -1.88. The summed E-state index contributed by atoms with van der Waals surface area (Å²) < 4.78 is 5.35. The third kappa shape index (κ3) is 4.31. The van der Waals surface area contributed by atoms with Gasteiger partial charge in [-0.15, -0.1) is 0 Å². The molecule has 1 saturated carbocycles. The second-order valence-electron chi connectivity index (χ2n) is 5.85. The van der Waals surface area contributed by atoms with Gasteiger partial charge in [0.2, 0.25) is 5.91 Å². The van der Waals surface area contributed by atoms with Crippen LogP contribution in [0.15, 0.2) is 30.3 Å². The van der Waals surface area contributed by atoms with Crippen molar-refractivity contribution in [3.05, 3.63) is 35.9 Å². The summed E-state index contributed by atoms with van der Waals surface area (Å²) in [5.41, 5.74) is 0.533. The van der Waals surface area contributed by atoms with Crippen LogP contribution in [-0.4, -0.2) is 36.7 Å². The molecule has 1 aliphatic rings. The number of hydrogen-bond acceptors (Lipinski definition) is 3. The highest BCUT2D eigenvalue weighted by Crippen LogP contribution is 2.46. The fraction of sp³-hybridized carbons (Fsp3) is 0.529. The van der Waals surface area contributed by atoms with Crippen LogP contribution in [0.5, 0.6) is 0 Å². The van der Waals surface area contributed by atoms with Crippen molar-refractivity contribution in [2.24, 2.45) is 11.3 Å². The summed E-state index contributed by atoms with van der Waals surface area (Å²) in [6.45, 7) is 3.05. The van der Waals surface area contributed by atoms with Crippen molar-refractivity contribution in [1.82, 2.24) is 5.32 Å². The number of carbonyl (C=O) groups is 2. The summed E-state index contributed by atoms with van der Waals surface area (Å²) in [5.74, 6) is -1.59. The SMILES string of the molecule is CCOCC1(C(=O)NCC(Cc2ccccc2)C(=O)O)CC1. The molecule has 1 atom stereocenters. The van der Waals surface area contributed by atoms with E-state index in [1.165, 1.54) is 0 Å². The van der Waals surface area contributed by atoms with Gasteiger partial charge in [-0.1, -0.05) is 30.3 Å². The third-order valence-electron chi connectivity index (χ3n) is 4.10. The Morgan fingerprint density at radius 3 is 2.55 bits per heavy atom. The minimum absolute atomic E-state index is 0.0831. The molecule has 0 saturated heterocycles. The van der Waals surface area contributed by atoms with Gasteiger partial charge in [0.1, 0.15) is 0 Å². The normalized spacial score (nSPS) is 16.8. The van der Waals surface area contributed by atoms with E-state index in [9.17, 15) is 14.7 Å². The van der Waals surface area contributed by atoms with E-state index < -0.39 is 17.3 Å². The number of carbonyl (C=O) groups excluding carboxylic acids is 1. The highest BCUT2D eigenvalue weighted by Gasteiger charge is 2.50. The van der Waals surface area contributed by atoms with Gasteiger partial charge in [0, 0.05) is 13.2 Å². The molecule has 0 heterocycles. The summed E-state index contributed by atoms with van der Waals surface area (Å²) in [6, 6.07) is 9.46. The van der Waals surface area contributed by atoms with Crippen molar-refractivity contribution in [3.63, 3.8) is 0 Å². The van der Waals surface area contributed by atoms with Crippen molar-refractivity contribution in [2.75, 3.05) is 19.8 Å². The first-order valence-corrected chi connectivity index (χ1v) is 7.70. The van der Waals surface area contributed by atoms with E-state index in [0.29, 0.717) is 19.6 Å². The molecule has 2 rings (SSSR count). The van der Waals surface area contributed by atoms with Crippen LogP contribution in [0.2, 0.25) is 0 Å². The molecule has 5 nitrogen and oxygen atoms in total. The molecule has 5 heteroatoms. The average molecular weight is 305 g/mol. The number of carboxylic acids is 1. The first-order valence-electron chi connectivity index (χ1n) is 7.70. The molecule has 0 radical (unpaired) electrons. The summed E-state index contributed by atoms with van der Waals surface area (Å²) in [4.78, 5) is 23.6. The van der Waals surface area contributed by atoms with Crippen LogP contribution in [0, 0.1) is 11.3 Å². The Morgan fingerprint density at radius 2 is 2.00 bits per heavy atom. The standard InChI is InChI=1S/C17H23NO4/c1-2-22-12-17(8-9-17)16(21)18-11-14(15(19)20)10-13-6-4-3-5-7-13/h3-7,14H,2,8-12H2,1H3,(H,18,21)(H,19,20). The fourth-order valence-electron chi connectivity index (χ4n) is 2.43. The highest BCUT2D eigenvalue weighted by molar-refractivity contribution is 5.86. The molecule has 0 aliphatic heterocycles. The zero-order valence-corrected chi connectivity index (χ0v) is 12.9. The van der Waals surface area contributed by atoms with E-state index in [4.69, 9.17) is 4.74 Å². The molecule has 1 amide bonds. The van der Waals surface area contributed by atoms with E-state index in [0.717, 1.165) is 18.4 Å². The van der Waals surface area contributed by atoms with Crippen LogP contribution in [0.25, 0.3) is 0 Å². The van der Waals surface area contributed by atoms with Crippen LogP contribution in [0.4, 0.5) is 0 Å². The van der Waals surface area contributed by atoms with E-state index in [-0.39, 0.29) is 12.5 Å². The molecular formula is C17H23NO4. The lowest BCUT2D eigenvalue weighted by atomic mass is 9.99. The molecule has 1 aromatic rings. The van der Waals surface area contributed by atoms with Gasteiger partial charge in [0.15, 0.2) is 0 Å². The number of nitrogens with one attached hydrogen (secondary N) is 1. The van der Waals surface area contributed by atoms with Crippen LogP contribution in [0.1, 0.15) is 25.3 Å². The zero-order chi connectivity index (χ0) is 16.0. The number of rotatable bonds is 9. The number of benzene rings is 1. The van der Waals surface area contributed by atoms with E-state index in [1.54, 1.807) is 0 Å². The van der Waals surface area contributed by atoms with E-state index in [1.807, 2.05) is 37.3 Å². The molecule has 1 unspecified atom stereocenters. The van der Waals surface area contributed by atoms with Gasteiger partial charge >= 0.3 is 5.97 Å². The maximum Gasteiger partial charge on any atom is 0.308 e. The van der Waals surface area contributed by atoms with Gasteiger partial charge in [-0.3, -0.25) is 9.59 Å². The quantitative estimate of drug-likeness (QED) is 0.730. The first kappa shape index (κ1) is 16.5. The summed E-state index contributed by atoms with van der Waals surface area (Å²) in [5, 5.41) is 12.1. The highest BCUT2D eigenvalue weighted by atomic mass is 16.5. The number of aliphatic carboxylic acids is 1. The predicted molar refractivity (Wildman–Crippen MR) is 82.4 cm³/mol. The van der Waals surface area contributed by atoms with Crippen molar-refractivity contribution < 1.29 is 19.4 Å². The second kappa shape index (κ2) is 7.40. The lowest BCUT2D eigenvalue weighted by Crippen LogP contribution is -2.40. The Kier molecular flexibility index (Phi) is 5.55. The second-order valence-corrected chi connectivity index (χ2v) is 5.85. The van der Waals surface area contributed by atoms with Crippen LogP contribution in [-0.2, 0) is 20.7 Å². The molecule has 0 bridgehead atoms. The van der Waals surface area contributed by atoms with Crippen molar-refractivity contribution >= 4 is 11.9 Å². The van der Waals surface area contributed by atoms with E-state index in [2.05, 4.69) is 5.32 Å². The lowest BCUT2D eigenvalue weighted by Gasteiger charge is -2.18. The summed E-state index contributed by atoms with van der Waals surface area (Å²) >= 11 is 0. The number of carboxylic acid groups (broad SMARTS) is 1. The molecule has 120 valence electrons. The van der Waals surface area contributed by atoms with Crippen molar-refractivity contribution in [1.29, 1.82) is 0 Å². The van der Waals surface area contributed by atoms with Crippen LogP contribution >= 0.6 is 0 Å². The molecule has 1 aliphatic carbocycles. The minimum atomic E-state index is -0.890. The van der Waals surface area contributed by atoms with Crippen LogP contribution < -0.4 is 5.32 Å². The van der Waals surface area contributed by atoms with Crippen LogP contribution in [0.3, 0.4) is 0 Å². The molecule has 1 aromatic carbocycles. The van der Waals surface area contributed by atoms with Gasteiger partial charge in [0.25, 0.3) is 0 Å². The topological polar surface area (TPSA) is 75.6 Å². The van der Waals surface area contributed by atoms with Gasteiger partial charge < -0.3 is 15.2 Å². The van der Waals surface area contributed by atoms with Crippen molar-refractivity contribution in [2.45, 2.75) is 26.2 Å².